The van der Waals surface area contributed by atoms with Crippen LogP contribution in [0.15, 0.2) is 18.5 Å². The molecule has 2 rings (SSSR count). The van der Waals surface area contributed by atoms with Gasteiger partial charge in [-0.2, -0.15) is 5.10 Å². The number of aromatic nitrogens is 3. The zero-order valence-corrected chi connectivity index (χ0v) is 9.56. The normalized spacial score (nSPS) is 10.7. The number of anilines is 1. The summed E-state index contributed by atoms with van der Waals surface area (Å²) in [6.07, 6.45) is 3.72. The van der Waals surface area contributed by atoms with Crippen molar-refractivity contribution < 1.29 is 0 Å². The fraction of sp³-hybridized carbons (Fsp3) is 0.250. The molecule has 4 nitrogen and oxygen atoms in total. The Morgan fingerprint density at radius 2 is 2.23 bits per heavy atom. The second-order valence-corrected chi connectivity index (χ2v) is 4.10. The Hall–Kier alpha value is -0.850. The van der Waals surface area contributed by atoms with Crippen LogP contribution >= 0.6 is 22.6 Å². The van der Waals surface area contributed by atoms with Gasteiger partial charge in [0.05, 0.1) is 9.77 Å². The highest BCUT2D eigenvalue weighted by molar-refractivity contribution is 14.1. The summed E-state index contributed by atoms with van der Waals surface area (Å²) < 4.78 is 2.84. The van der Waals surface area contributed by atoms with Crippen LogP contribution < -0.4 is 4.90 Å². The Morgan fingerprint density at radius 1 is 1.46 bits per heavy atom. The molecule has 0 N–H and O–H groups in total. The highest BCUT2D eigenvalue weighted by atomic mass is 127. The summed E-state index contributed by atoms with van der Waals surface area (Å²) in [7, 11) is 3.95. The summed E-state index contributed by atoms with van der Waals surface area (Å²) in [6.45, 7) is 0. The molecular formula is C8H9IN4. The fourth-order valence-corrected chi connectivity index (χ4v) is 1.57. The first-order chi connectivity index (χ1) is 6.18. The molecule has 2 aromatic rings. The number of rotatable bonds is 1. The topological polar surface area (TPSA) is 33.4 Å². The van der Waals surface area contributed by atoms with Crippen LogP contribution in [0.4, 0.5) is 5.82 Å². The van der Waals surface area contributed by atoms with E-state index < -0.39 is 0 Å². The molecule has 68 valence electrons. The van der Waals surface area contributed by atoms with Crippen LogP contribution in [0, 0.1) is 3.57 Å². The van der Waals surface area contributed by atoms with Crippen molar-refractivity contribution in [1.82, 2.24) is 14.6 Å². The highest BCUT2D eigenvalue weighted by Gasteiger charge is 2.03. The van der Waals surface area contributed by atoms with Crippen LogP contribution in [-0.2, 0) is 0 Å². The Balaban J connectivity index is 2.66. The van der Waals surface area contributed by atoms with Crippen molar-refractivity contribution >= 4 is 34.1 Å². The van der Waals surface area contributed by atoms with E-state index in [1.165, 1.54) is 0 Å². The number of nitrogens with zero attached hydrogens (tertiary/aromatic N) is 4. The third-order valence-corrected chi connectivity index (χ3v) is 2.53. The number of halogens is 1. The minimum absolute atomic E-state index is 0.909. The minimum atomic E-state index is 0.909. The minimum Gasteiger partial charge on any atom is -0.363 e. The summed E-state index contributed by atoms with van der Waals surface area (Å²) in [4.78, 5) is 6.43. The van der Waals surface area contributed by atoms with E-state index in [4.69, 9.17) is 0 Å². The first-order valence-corrected chi connectivity index (χ1v) is 4.93. The maximum Gasteiger partial charge on any atom is 0.170 e. The number of hydrogen-bond donors (Lipinski definition) is 0. The summed E-state index contributed by atoms with van der Waals surface area (Å²) in [5.74, 6) is 0.950. The van der Waals surface area contributed by atoms with E-state index in [1.54, 1.807) is 4.52 Å². The molecule has 0 bridgehead atoms. The molecule has 0 saturated heterocycles. The van der Waals surface area contributed by atoms with Crippen LogP contribution in [-0.4, -0.2) is 28.7 Å². The van der Waals surface area contributed by atoms with E-state index in [9.17, 15) is 0 Å². The average Bonchev–Trinajstić information content (AvgIpc) is 2.47. The van der Waals surface area contributed by atoms with Crippen molar-refractivity contribution in [2.45, 2.75) is 0 Å². The predicted octanol–water partition coefficient (Wildman–Crippen LogP) is 1.40. The van der Waals surface area contributed by atoms with Crippen LogP contribution in [0.1, 0.15) is 0 Å². The van der Waals surface area contributed by atoms with Crippen molar-refractivity contribution in [3.63, 3.8) is 0 Å². The van der Waals surface area contributed by atoms with Crippen LogP contribution in [0.5, 0.6) is 0 Å². The van der Waals surface area contributed by atoms with Gasteiger partial charge < -0.3 is 4.90 Å². The smallest absolute Gasteiger partial charge is 0.170 e. The SMILES string of the molecule is CN(C)c1ccn2ncc(I)c2n1. The van der Waals surface area contributed by atoms with Gasteiger partial charge in [0.15, 0.2) is 5.65 Å². The first-order valence-electron chi connectivity index (χ1n) is 3.85. The van der Waals surface area contributed by atoms with Gasteiger partial charge in [0.1, 0.15) is 5.82 Å². The molecular weight excluding hydrogens is 279 g/mol. The third-order valence-electron chi connectivity index (χ3n) is 1.77. The molecule has 13 heavy (non-hydrogen) atoms. The van der Waals surface area contributed by atoms with E-state index in [-0.39, 0.29) is 0 Å². The molecule has 0 radical (unpaired) electrons. The van der Waals surface area contributed by atoms with E-state index in [1.807, 2.05) is 37.5 Å². The maximum atomic E-state index is 4.45. The van der Waals surface area contributed by atoms with E-state index in [0.29, 0.717) is 0 Å². The van der Waals surface area contributed by atoms with Crippen molar-refractivity contribution in [1.29, 1.82) is 0 Å². The lowest BCUT2D eigenvalue weighted by atomic mass is 10.5. The highest BCUT2D eigenvalue weighted by Crippen LogP contribution is 2.14. The maximum absolute atomic E-state index is 4.45. The van der Waals surface area contributed by atoms with Gasteiger partial charge in [0.2, 0.25) is 0 Å². The molecule has 2 heterocycles. The van der Waals surface area contributed by atoms with Crippen LogP contribution in [0.2, 0.25) is 0 Å². The van der Waals surface area contributed by atoms with Gasteiger partial charge in [0.25, 0.3) is 0 Å². The Morgan fingerprint density at radius 3 is 2.92 bits per heavy atom. The number of hydrogen-bond acceptors (Lipinski definition) is 3. The van der Waals surface area contributed by atoms with Gasteiger partial charge in [-0.15, -0.1) is 0 Å². The third kappa shape index (κ3) is 1.48. The standard InChI is InChI=1S/C8H9IN4/c1-12(2)7-3-4-13-8(11-7)6(9)5-10-13/h3-5H,1-2H3. The second kappa shape index (κ2) is 3.13. The van der Waals surface area contributed by atoms with Crippen molar-refractivity contribution in [3.05, 3.63) is 22.0 Å². The molecule has 0 amide bonds. The van der Waals surface area contributed by atoms with Gasteiger partial charge in [0, 0.05) is 20.3 Å². The van der Waals surface area contributed by atoms with Gasteiger partial charge >= 0.3 is 0 Å². The Kier molecular flexibility index (Phi) is 2.10. The molecule has 0 fully saturated rings. The molecule has 0 aromatic carbocycles. The monoisotopic (exact) mass is 288 g/mol. The summed E-state index contributed by atoms with van der Waals surface area (Å²) in [5.41, 5.74) is 0.909. The Bertz CT molecular complexity index is 435. The molecule has 0 spiro atoms. The van der Waals surface area contributed by atoms with Gasteiger partial charge in [-0.25, -0.2) is 9.50 Å². The quantitative estimate of drug-likeness (QED) is 0.744. The fourth-order valence-electron chi connectivity index (χ4n) is 1.08. The van der Waals surface area contributed by atoms with Crippen molar-refractivity contribution in [2.75, 3.05) is 19.0 Å². The summed E-state index contributed by atoms with van der Waals surface area (Å²) >= 11 is 2.23. The largest absolute Gasteiger partial charge is 0.363 e. The molecule has 0 aliphatic heterocycles. The zero-order valence-electron chi connectivity index (χ0n) is 7.40. The second-order valence-electron chi connectivity index (χ2n) is 2.94. The average molecular weight is 288 g/mol. The molecule has 0 unspecified atom stereocenters. The summed E-state index contributed by atoms with van der Waals surface area (Å²) in [6, 6.07) is 1.94. The number of fused-ring (bicyclic) bond motifs is 1. The molecule has 5 heteroatoms. The predicted molar refractivity (Wildman–Crippen MR) is 60.0 cm³/mol. The molecule has 2 aromatic heterocycles. The van der Waals surface area contributed by atoms with Crippen LogP contribution in [0.25, 0.3) is 5.65 Å². The van der Waals surface area contributed by atoms with E-state index in [2.05, 4.69) is 32.7 Å². The summed E-state index contributed by atoms with van der Waals surface area (Å²) in [5, 5.41) is 4.15. The van der Waals surface area contributed by atoms with Gasteiger partial charge in [-0.1, -0.05) is 0 Å². The van der Waals surface area contributed by atoms with Crippen molar-refractivity contribution in [3.8, 4) is 0 Å². The van der Waals surface area contributed by atoms with Crippen LogP contribution in [0.3, 0.4) is 0 Å². The molecule has 0 saturated carbocycles. The van der Waals surface area contributed by atoms with Gasteiger partial charge in [-0.3, -0.25) is 0 Å². The van der Waals surface area contributed by atoms with E-state index >= 15 is 0 Å². The lowest BCUT2D eigenvalue weighted by Crippen LogP contribution is -2.11. The van der Waals surface area contributed by atoms with E-state index in [0.717, 1.165) is 15.0 Å². The zero-order chi connectivity index (χ0) is 9.42. The Labute approximate surface area is 89.7 Å². The lowest BCUT2D eigenvalue weighted by molar-refractivity contribution is 0.928. The first kappa shape index (κ1) is 8.74. The lowest BCUT2D eigenvalue weighted by Gasteiger charge is -2.10. The molecule has 0 aliphatic carbocycles. The molecule has 0 atom stereocenters. The van der Waals surface area contributed by atoms with Gasteiger partial charge in [-0.05, 0) is 28.7 Å². The molecule has 0 aliphatic rings. The van der Waals surface area contributed by atoms with Crippen molar-refractivity contribution in [2.24, 2.45) is 0 Å².